The van der Waals surface area contributed by atoms with Crippen molar-refractivity contribution in [3.8, 4) is 11.3 Å². The Morgan fingerprint density at radius 2 is 1.56 bits per heavy atom. The van der Waals surface area contributed by atoms with Gasteiger partial charge in [0.15, 0.2) is 6.20 Å². The Bertz CT molecular complexity index is 1160. The number of anilines is 3. The highest BCUT2D eigenvalue weighted by Crippen LogP contribution is 2.47. The van der Waals surface area contributed by atoms with Crippen molar-refractivity contribution in [2.45, 2.75) is 73.5 Å². The third-order valence-corrected chi connectivity index (χ3v) is 7.12. The first-order valence-electron chi connectivity index (χ1n) is 11.9. The van der Waals surface area contributed by atoms with E-state index >= 15 is 0 Å². The smallest absolute Gasteiger partial charge is 0.212 e. The molecule has 0 aliphatic carbocycles. The molecule has 3 aromatic rings. The van der Waals surface area contributed by atoms with E-state index < -0.39 is 0 Å². The topological polar surface area (TPSA) is 10.4 Å². The average Bonchev–Trinajstić information content (AvgIpc) is 3.02. The van der Waals surface area contributed by atoms with Gasteiger partial charge >= 0.3 is 0 Å². The number of aromatic nitrogens is 1. The summed E-state index contributed by atoms with van der Waals surface area (Å²) in [5.41, 5.74) is 11.9. The van der Waals surface area contributed by atoms with Crippen LogP contribution >= 0.6 is 0 Å². The van der Waals surface area contributed by atoms with Crippen molar-refractivity contribution in [3.63, 3.8) is 0 Å². The molecule has 1 aliphatic rings. The predicted octanol–water partition coefficient (Wildman–Crippen LogP) is 6.94. The Balaban J connectivity index is 1.91. The van der Waals surface area contributed by atoms with E-state index in [2.05, 4.69) is 125 Å². The van der Waals surface area contributed by atoms with Crippen LogP contribution in [-0.2, 0) is 7.05 Å². The first kappa shape index (κ1) is 22.4. The van der Waals surface area contributed by atoms with Gasteiger partial charge in [0, 0.05) is 23.4 Å². The van der Waals surface area contributed by atoms with E-state index in [0.29, 0.717) is 12.0 Å². The van der Waals surface area contributed by atoms with Crippen LogP contribution in [0.15, 0.2) is 48.7 Å². The molecule has 2 aromatic carbocycles. The lowest BCUT2D eigenvalue weighted by atomic mass is 9.99. The minimum absolute atomic E-state index is 0.259. The molecule has 3 nitrogen and oxygen atoms in total. The molecule has 0 N–H and O–H groups in total. The SMILES string of the molecule is Cc1cc(-c2cccc(N3c4cc(C(C)C)ccc4N(C(C)C)[C@H]3C)c2C)[n+](C)cc1C. The lowest BCUT2D eigenvalue weighted by Crippen LogP contribution is -2.42. The van der Waals surface area contributed by atoms with Crippen LogP contribution in [0.4, 0.5) is 17.1 Å². The zero-order valence-electron chi connectivity index (χ0n) is 21.2. The van der Waals surface area contributed by atoms with E-state index in [1.54, 1.807) is 0 Å². The lowest BCUT2D eigenvalue weighted by Gasteiger charge is -2.33. The normalized spacial score (nSPS) is 15.8. The summed E-state index contributed by atoms with van der Waals surface area (Å²) in [6.45, 7) is 18.1. The fourth-order valence-corrected chi connectivity index (χ4v) is 5.19. The van der Waals surface area contributed by atoms with Gasteiger partial charge in [-0.25, -0.2) is 4.57 Å². The summed E-state index contributed by atoms with van der Waals surface area (Å²) < 4.78 is 2.26. The van der Waals surface area contributed by atoms with Gasteiger partial charge in [-0.3, -0.25) is 0 Å². The van der Waals surface area contributed by atoms with E-state index in [4.69, 9.17) is 0 Å². The summed E-state index contributed by atoms with van der Waals surface area (Å²) in [7, 11) is 2.15. The number of fused-ring (bicyclic) bond motifs is 1. The predicted molar refractivity (Wildman–Crippen MR) is 137 cm³/mol. The first-order valence-corrected chi connectivity index (χ1v) is 11.9. The summed E-state index contributed by atoms with van der Waals surface area (Å²) in [6.07, 6.45) is 2.50. The van der Waals surface area contributed by atoms with E-state index in [1.165, 1.54) is 50.6 Å². The number of benzene rings is 2. The monoisotopic (exact) mass is 428 g/mol. The van der Waals surface area contributed by atoms with Gasteiger partial charge in [-0.15, -0.1) is 0 Å². The van der Waals surface area contributed by atoms with E-state index in [-0.39, 0.29) is 6.17 Å². The number of hydrogen-bond donors (Lipinski definition) is 0. The third-order valence-electron chi connectivity index (χ3n) is 7.12. The molecule has 1 aromatic heterocycles. The second-order valence-corrected chi connectivity index (χ2v) is 9.99. The number of nitrogens with zero attached hydrogens (tertiary/aromatic N) is 3. The van der Waals surface area contributed by atoms with Crippen molar-refractivity contribution in [3.05, 3.63) is 70.9 Å². The van der Waals surface area contributed by atoms with Crippen LogP contribution in [-0.4, -0.2) is 12.2 Å². The van der Waals surface area contributed by atoms with Crippen molar-refractivity contribution >= 4 is 17.1 Å². The van der Waals surface area contributed by atoms with Crippen LogP contribution in [0.2, 0.25) is 0 Å². The highest BCUT2D eigenvalue weighted by molar-refractivity contribution is 5.87. The molecule has 0 saturated carbocycles. The molecule has 3 heteroatoms. The highest BCUT2D eigenvalue weighted by atomic mass is 15.4. The maximum absolute atomic E-state index is 2.54. The molecule has 0 bridgehead atoms. The lowest BCUT2D eigenvalue weighted by molar-refractivity contribution is -0.660. The summed E-state index contributed by atoms with van der Waals surface area (Å²) in [5.74, 6) is 0.507. The Morgan fingerprint density at radius 3 is 2.22 bits per heavy atom. The number of aryl methyl sites for hydroxylation is 3. The van der Waals surface area contributed by atoms with Crippen LogP contribution in [0, 0.1) is 20.8 Å². The van der Waals surface area contributed by atoms with Gasteiger partial charge < -0.3 is 9.80 Å². The molecule has 0 radical (unpaired) electrons. The minimum atomic E-state index is 0.259. The van der Waals surface area contributed by atoms with Gasteiger partial charge in [0.05, 0.1) is 16.9 Å². The van der Waals surface area contributed by atoms with Crippen LogP contribution < -0.4 is 14.4 Å². The van der Waals surface area contributed by atoms with Crippen molar-refractivity contribution in [1.29, 1.82) is 0 Å². The molecule has 32 heavy (non-hydrogen) atoms. The largest absolute Gasteiger partial charge is 0.347 e. The molecule has 168 valence electrons. The van der Waals surface area contributed by atoms with Crippen molar-refractivity contribution in [1.82, 2.24) is 0 Å². The van der Waals surface area contributed by atoms with Gasteiger partial charge in [0.1, 0.15) is 13.2 Å². The van der Waals surface area contributed by atoms with E-state index in [9.17, 15) is 0 Å². The van der Waals surface area contributed by atoms with Gasteiger partial charge in [-0.1, -0.05) is 26.0 Å². The second-order valence-electron chi connectivity index (χ2n) is 9.99. The highest BCUT2D eigenvalue weighted by Gasteiger charge is 2.36. The van der Waals surface area contributed by atoms with Crippen LogP contribution in [0.3, 0.4) is 0 Å². The fourth-order valence-electron chi connectivity index (χ4n) is 5.19. The van der Waals surface area contributed by atoms with Crippen molar-refractivity contribution < 1.29 is 4.57 Å². The maximum atomic E-state index is 2.54. The van der Waals surface area contributed by atoms with Crippen LogP contribution in [0.1, 0.15) is 62.8 Å². The Morgan fingerprint density at radius 1 is 0.844 bits per heavy atom. The Hall–Kier alpha value is -2.81. The molecular weight excluding hydrogens is 390 g/mol. The number of pyridine rings is 1. The molecule has 0 saturated heterocycles. The average molecular weight is 429 g/mol. The Kier molecular flexibility index (Phi) is 5.79. The van der Waals surface area contributed by atoms with Crippen LogP contribution in [0.5, 0.6) is 0 Å². The van der Waals surface area contributed by atoms with E-state index in [1.807, 2.05) is 0 Å². The first-order chi connectivity index (χ1) is 15.1. The summed E-state index contributed by atoms with van der Waals surface area (Å²) in [5, 5.41) is 0. The minimum Gasteiger partial charge on any atom is -0.347 e. The molecule has 4 rings (SSSR count). The number of rotatable bonds is 4. The summed E-state index contributed by atoms with van der Waals surface area (Å²) >= 11 is 0. The zero-order valence-corrected chi connectivity index (χ0v) is 21.2. The fraction of sp³-hybridized carbons (Fsp3) is 0.414. The zero-order chi connectivity index (χ0) is 23.3. The molecule has 0 fully saturated rings. The quantitative estimate of drug-likeness (QED) is 0.417. The molecule has 1 atom stereocenters. The molecule has 0 amide bonds. The molecular formula is C29H38N3+. The maximum Gasteiger partial charge on any atom is 0.212 e. The molecule has 1 aliphatic heterocycles. The van der Waals surface area contributed by atoms with Crippen molar-refractivity contribution in [2.24, 2.45) is 7.05 Å². The summed E-state index contributed by atoms with van der Waals surface area (Å²) in [4.78, 5) is 5.09. The van der Waals surface area contributed by atoms with Gasteiger partial charge in [-0.05, 0) is 88.4 Å². The van der Waals surface area contributed by atoms with Crippen molar-refractivity contribution in [2.75, 3.05) is 9.80 Å². The second kappa shape index (κ2) is 8.27. The van der Waals surface area contributed by atoms with E-state index in [0.717, 1.165) is 0 Å². The van der Waals surface area contributed by atoms with Gasteiger partial charge in [0.25, 0.3) is 0 Å². The molecule has 2 heterocycles. The summed E-state index contributed by atoms with van der Waals surface area (Å²) in [6, 6.07) is 16.5. The van der Waals surface area contributed by atoms with Gasteiger partial charge in [0.2, 0.25) is 5.69 Å². The molecule has 0 unspecified atom stereocenters. The molecule has 0 spiro atoms. The van der Waals surface area contributed by atoms with Gasteiger partial charge in [-0.2, -0.15) is 0 Å². The third kappa shape index (κ3) is 3.58. The Labute approximate surface area is 194 Å². The number of hydrogen-bond acceptors (Lipinski definition) is 2. The van der Waals surface area contributed by atoms with Crippen LogP contribution in [0.25, 0.3) is 11.3 Å². The standard InChI is InChI=1S/C29H38N3/c1-18(2)24-13-14-27-29(16-24)32(23(8)31(27)19(3)4)26-12-10-11-25(22(26)7)28-15-20(5)21(6)17-30(28)9/h10-19,23H,1-9H3/q+1/t23-/m1/s1.